The Balaban J connectivity index is 2.55. The van der Waals surface area contributed by atoms with Gasteiger partial charge in [0.1, 0.15) is 5.58 Å². The monoisotopic (exact) mass is 233 g/mol. The Kier molecular flexibility index (Phi) is 3.15. The number of nitrogens with zero attached hydrogens (tertiary/aromatic N) is 1. The van der Waals surface area contributed by atoms with E-state index in [2.05, 4.69) is 0 Å². The molecule has 2 aromatic rings. The molecule has 1 aromatic heterocycles. The van der Waals surface area contributed by atoms with E-state index in [1.807, 2.05) is 37.1 Å². The summed E-state index contributed by atoms with van der Waals surface area (Å²) >= 11 is 0. The molecule has 1 N–H and O–H groups in total. The topological polar surface area (TPSA) is 53.7 Å². The molecule has 0 atom stereocenters. The summed E-state index contributed by atoms with van der Waals surface area (Å²) in [5, 5.41) is 10.0. The third kappa shape index (κ3) is 2.17. The lowest BCUT2D eigenvalue weighted by Gasteiger charge is -2.12. The maximum Gasteiger partial charge on any atom is 0.372 e. The van der Waals surface area contributed by atoms with Crippen LogP contribution < -0.4 is 0 Å². The molecule has 0 radical (unpaired) electrons. The summed E-state index contributed by atoms with van der Waals surface area (Å²) in [6, 6.07) is 7.41. The largest absolute Gasteiger partial charge is 0.475 e. The van der Waals surface area contributed by atoms with Gasteiger partial charge in [-0.15, -0.1) is 0 Å². The van der Waals surface area contributed by atoms with Crippen molar-refractivity contribution in [1.29, 1.82) is 0 Å². The molecule has 4 nitrogen and oxygen atoms in total. The van der Waals surface area contributed by atoms with Gasteiger partial charge in [0.15, 0.2) is 0 Å². The lowest BCUT2D eigenvalue weighted by atomic mass is 10.1. The maximum absolute atomic E-state index is 11.1. The number of hydrogen-bond donors (Lipinski definition) is 1. The third-order valence-corrected chi connectivity index (χ3v) is 2.86. The van der Waals surface area contributed by atoms with Crippen LogP contribution in [0.1, 0.15) is 23.0 Å². The Morgan fingerprint density at radius 3 is 2.76 bits per heavy atom. The van der Waals surface area contributed by atoms with Gasteiger partial charge in [-0.1, -0.05) is 25.1 Å². The summed E-state index contributed by atoms with van der Waals surface area (Å²) < 4.78 is 5.38. The van der Waals surface area contributed by atoms with Gasteiger partial charge in [-0.3, -0.25) is 0 Å². The number of para-hydroxylation sites is 1. The van der Waals surface area contributed by atoms with Gasteiger partial charge >= 0.3 is 5.97 Å². The normalized spacial score (nSPS) is 11.2. The summed E-state index contributed by atoms with van der Waals surface area (Å²) in [7, 11) is 1.95. The predicted molar refractivity (Wildman–Crippen MR) is 65.2 cm³/mol. The minimum atomic E-state index is -1.01. The van der Waals surface area contributed by atoms with Crippen molar-refractivity contribution in [3.8, 4) is 0 Å². The molecule has 90 valence electrons. The summed E-state index contributed by atoms with van der Waals surface area (Å²) in [5.74, 6) is -0.966. The number of carboxylic acids is 1. The fraction of sp³-hybridized carbons (Fsp3) is 0.308. The van der Waals surface area contributed by atoms with Crippen LogP contribution in [0.5, 0.6) is 0 Å². The van der Waals surface area contributed by atoms with Crippen molar-refractivity contribution in [2.24, 2.45) is 0 Å². The molecule has 1 heterocycles. The van der Waals surface area contributed by atoms with E-state index < -0.39 is 5.97 Å². The molecular weight excluding hydrogens is 218 g/mol. The SMILES string of the molecule is CCN(C)Cc1c(C(=O)O)oc2ccccc12. The van der Waals surface area contributed by atoms with Gasteiger partial charge in [-0.25, -0.2) is 4.79 Å². The number of carboxylic acid groups (broad SMARTS) is 1. The van der Waals surface area contributed by atoms with E-state index in [4.69, 9.17) is 9.52 Å². The first-order valence-electron chi connectivity index (χ1n) is 5.55. The van der Waals surface area contributed by atoms with E-state index in [0.29, 0.717) is 12.1 Å². The first-order chi connectivity index (χ1) is 8.13. The zero-order chi connectivity index (χ0) is 12.4. The first kappa shape index (κ1) is 11.7. The van der Waals surface area contributed by atoms with Crippen LogP contribution in [0.4, 0.5) is 0 Å². The van der Waals surface area contributed by atoms with E-state index in [0.717, 1.165) is 17.5 Å². The Hall–Kier alpha value is -1.81. The van der Waals surface area contributed by atoms with Crippen molar-refractivity contribution in [1.82, 2.24) is 4.90 Å². The molecule has 0 aliphatic carbocycles. The lowest BCUT2D eigenvalue weighted by molar-refractivity contribution is 0.0662. The van der Waals surface area contributed by atoms with E-state index in [1.54, 1.807) is 6.07 Å². The second kappa shape index (κ2) is 4.59. The number of rotatable bonds is 4. The molecule has 17 heavy (non-hydrogen) atoms. The van der Waals surface area contributed by atoms with Crippen LogP contribution in [0.2, 0.25) is 0 Å². The van der Waals surface area contributed by atoms with E-state index in [1.165, 1.54) is 0 Å². The number of hydrogen-bond acceptors (Lipinski definition) is 3. The zero-order valence-corrected chi connectivity index (χ0v) is 9.93. The van der Waals surface area contributed by atoms with E-state index in [-0.39, 0.29) is 5.76 Å². The first-order valence-corrected chi connectivity index (χ1v) is 5.55. The summed E-state index contributed by atoms with van der Waals surface area (Å²) in [6.07, 6.45) is 0. The molecular formula is C13H15NO3. The minimum absolute atomic E-state index is 0.0477. The van der Waals surface area contributed by atoms with Crippen molar-refractivity contribution in [3.05, 3.63) is 35.6 Å². The van der Waals surface area contributed by atoms with Gasteiger partial charge in [0.2, 0.25) is 5.76 Å². The summed E-state index contributed by atoms with van der Waals surface area (Å²) in [5.41, 5.74) is 1.38. The molecule has 0 aliphatic rings. The Morgan fingerprint density at radius 1 is 1.41 bits per heavy atom. The Labute approximate surface area is 99.4 Å². The van der Waals surface area contributed by atoms with Gasteiger partial charge in [-0.2, -0.15) is 0 Å². The fourth-order valence-electron chi connectivity index (χ4n) is 1.81. The average molecular weight is 233 g/mol. The average Bonchev–Trinajstić information content (AvgIpc) is 2.68. The van der Waals surface area contributed by atoms with Gasteiger partial charge in [0.25, 0.3) is 0 Å². The molecule has 0 aliphatic heterocycles. The summed E-state index contributed by atoms with van der Waals surface area (Å²) in [6.45, 7) is 3.47. The Bertz CT molecular complexity index is 545. The van der Waals surface area contributed by atoms with Crippen molar-refractivity contribution in [2.75, 3.05) is 13.6 Å². The smallest absolute Gasteiger partial charge is 0.372 e. The molecule has 1 aromatic carbocycles. The van der Waals surface area contributed by atoms with E-state index >= 15 is 0 Å². The van der Waals surface area contributed by atoms with Gasteiger partial charge in [-0.05, 0) is 19.7 Å². The highest BCUT2D eigenvalue weighted by atomic mass is 16.4. The van der Waals surface area contributed by atoms with Crippen molar-refractivity contribution in [2.45, 2.75) is 13.5 Å². The van der Waals surface area contributed by atoms with Crippen molar-refractivity contribution >= 4 is 16.9 Å². The molecule has 0 fully saturated rings. The number of carbonyl (C=O) groups is 1. The number of fused-ring (bicyclic) bond motifs is 1. The molecule has 0 amide bonds. The number of benzene rings is 1. The second-order valence-corrected chi connectivity index (χ2v) is 4.04. The second-order valence-electron chi connectivity index (χ2n) is 4.04. The van der Waals surface area contributed by atoms with Crippen LogP contribution in [0, 0.1) is 0 Å². The molecule has 0 bridgehead atoms. The highest BCUT2D eigenvalue weighted by Gasteiger charge is 2.20. The quantitative estimate of drug-likeness (QED) is 0.881. The van der Waals surface area contributed by atoms with Gasteiger partial charge < -0.3 is 14.4 Å². The number of aromatic carboxylic acids is 1. The fourth-order valence-corrected chi connectivity index (χ4v) is 1.81. The van der Waals surface area contributed by atoms with Crippen molar-refractivity contribution < 1.29 is 14.3 Å². The van der Waals surface area contributed by atoms with Gasteiger partial charge in [0, 0.05) is 17.5 Å². The van der Waals surface area contributed by atoms with Crippen LogP contribution in [0.25, 0.3) is 11.0 Å². The maximum atomic E-state index is 11.1. The molecule has 0 spiro atoms. The minimum Gasteiger partial charge on any atom is -0.475 e. The van der Waals surface area contributed by atoms with Crippen molar-refractivity contribution in [3.63, 3.8) is 0 Å². The summed E-state index contributed by atoms with van der Waals surface area (Å²) in [4.78, 5) is 13.2. The predicted octanol–water partition coefficient (Wildman–Crippen LogP) is 2.58. The highest BCUT2D eigenvalue weighted by Crippen LogP contribution is 2.26. The van der Waals surface area contributed by atoms with Crippen LogP contribution in [0.3, 0.4) is 0 Å². The van der Waals surface area contributed by atoms with Gasteiger partial charge in [0.05, 0.1) is 0 Å². The lowest BCUT2D eigenvalue weighted by Crippen LogP contribution is -2.18. The molecule has 0 saturated heterocycles. The van der Waals surface area contributed by atoms with E-state index in [9.17, 15) is 4.79 Å². The standard InChI is InChI=1S/C13H15NO3/c1-3-14(2)8-10-9-6-4-5-7-11(9)17-12(10)13(15)16/h4-7H,3,8H2,1-2H3,(H,15,16). The number of furan rings is 1. The molecule has 0 saturated carbocycles. The van der Waals surface area contributed by atoms with Crippen LogP contribution >= 0.6 is 0 Å². The molecule has 2 rings (SSSR count). The van der Waals surface area contributed by atoms with Crippen LogP contribution in [-0.2, 0) is 6.54 Å². The Morgan fingerprint density at radius 2 is 2.12 bits per heavy atom. The molecule has 4 heteroatoms. The molecule has 0 unspecified atom stereocenters. The third-order valence-electron chi connectivity index (χ3n) is 2.86. The highest BCUT2D eigenvalue weighted by molar-refractivity contribution is 5.95. The zero-order valence-electron chi connectivity index (χ0n) is 9.93. The van der Waals surface area contributed by atoms with Crippen LogP contribution in [-0.4, -0.2) is 29.6 Å². The van der Waals surface area contributed by atoms with Crippen LogP contribution in [0.15, 0.2) is 28.7 Å².